The van der Waals surface area contributed by atoms with Gasteiger partial charge in [-0.1, -0.05) is 11.6 Å². The summed E-state index contributed by atoms with van der Waals surface area (Å²) in [7, 11) is 0. The van der Waals surface area contributed by atoms with Crippen LogP contribution >= 0.6 is 11.6 Å². The molecular formula is C13H14ClN3O2. The van der Waals surface area contributed by atoms with Gasteiger partial charge in [0.1, 0.15) is 0 Å². The number of ether oxygens (including phenoxy) is 2. The van der Waals surface area contributed by atoms with Gasteiger partial charge < -0.3 is 19.4 Å². The third-order valence-electron chi connectivity index (χ3n) is 2.92. The normalized spacial score (nSPS) is 12.9. The molecule has 0 saturated heterocycles. The molecule has 0 atom stereocenters. The lowest BCUT2D eigenvalue weighted by Gasteiger charge is -2.07. The lowest BCUT2D eigenvalue weighted by molar-refractivity contribution is 0.174. The Morgan fingerprint density at radius 1 is 1.37 bits per heavy atom. The number of halogens is 1. The second-order valence-electron chi connectivity index (χ2n) is 4.29. The summed E-state index contributed by atoms with van der Waals surface area (Å²) in [5, 5.41) is 3.95. The summed E-state index contributed by atoms with van der Waals surface area (Å²) in [5.74, 6) is 1.36. The van der Waals surface area contributed by atoms with Crippen molar-refractivity contribution in [3.05, 3.63) is 41.4 Å². The molecule has 1 aliphatic heterocycles. The Labute approximate surface area is 116 Å². The van der Waals surface area contributed by atoms with E-state index in [4.69, 9.17) is 21.1 Å². The summed E-state index contributed by atoms with van der Waals surface area (Å²) in [6.07, 6.45) is 5.52. The van der Waals surface area contributed by atoms with E-state index in [1.165, 1.54) is 0 Å². The van der Waals surface area contributed by atoms with E-state index in [-0.39, 0.29) is 6.79 Å². The van der Waals surface area contributed by atoms with Gasteiger partial charge in [0.2, 0.25) is 6.79 Å². The maximum Gasteiger partial charge on any atom is 0.231 e. The zero-order valence-corrected chi connectivity index (χ0v) is 11.1. The second-order valence-corrected chi connectivity index (χ2v) is 4.70. The number of nitrogens with zero attached hydrogens (tertiary/aromatic N) is 2. The molecule has 5 nitrogen and oxygen atoms in total. The van der Waals surface area contributed by atoms with Crippen LogP contribution in [-0.2, 0) is 13.1 Å². The molecule has 0 unspecified atom stereocenters. The van der Waals surface area contributed by atoms with Crippen LogP contribution in [0.4, 0.5) is 0 Å². The molecule has 0 radical (unpaired) electrons. The largest absolute Gasteiger partial charge is 0.454 e. The van der Waals surface area contributed by atoms with Crippen molar-refractivity contribution in [1.29, 1.82) is 0 Å². The number of rotatable bonds is 5. The van der Waals surface area contributed by atoms with E-state index in [2.05, 4.69) is 10.3 Å². The maximum atomic E-state index is 6.12. The molecule has 1 aliphatic rings. The van der Waals surface area contributed by atoms with Gasteiger partial charge in [0, 0.05) is 32.0 Å². The summed E-state index contributed by atoms with van der Waals surface area (Å²) in [5.41, 5.74) is 1.08. The van der Waals surface area contributed by atoms with E-state index in [0.717, 1.165) is 30.9 Å². The lowest BCUT2D eigenvalue weighted by atomic mass is 10.2. The second kappa shape index (κ2) is 5.50. The fraction of sp³-hybridized carbons (Fsp3) is 0.308. The van der Waals surface area contributed by atoms with E-state index in [1.54, 1.807) is 12.5 Å². The van der Waals surface area contributed by atoms with Crippen molar-refractivity contribution in [2.45, 2.75) is 13.1 Å². The van der Waals surface area contributed by atoms with E-state index in [0.29, 0.717) is 10.8 Å². The molecule has 0 spiro atoms. The minimum absolute atomic E-state index is 0.243. The van der Waals surface area contributed by atoms with Gasteiger partial charge in [-0.2, -0.15) is 0 Å². The minimum atomic E-state index is 0.243. The molecule has 100 valence electrons. The third-order valence-corrected chi connectivity index (χ3v) is 3.20. The van der Waals surface area contributed by atoms with E-state index in [1.807, 2.05) is 22.9 Å². The molecule has 0 bridgehead atoms. The Kier molecular flexibility index (Phi) is 3.57. The predicted octanol–water partition coefficient (Wildman–Crippen LogP) is 2.05. The van der Waals surface area contributed by atoms with E-state index in [9.17, 15) is 0 Å². The first-order chi connectivity index (χ1) is 9.33. The number of benzene rings is 1. The highest BCUT2D eigenvalue weighted by molar-refractivity contribution is 6.32. The van der Waals surface area contributed by atoms with Crippen LogP contribution < -0.4 is 14.8 Å². The van der Waals surface area contributed by atoms with Gasteiger partial charge in [0.15, 0.2) is 11.5 Å². The average Bonchev–Trinajstić information content (AvgIpc) is 3.05. The SMILES string of the molecule is Clc1cc(CNCCn2ccnc2)cc2c1OCO2. The summed E-state index contributed by atoms with van der Waals surface area (Å²) in [6, 6.07) is 3.86. The van der Waals surface area contributed by atoms with Gasteiger partial charge in [-0.3, -0.25) is 0 Å². The standard InChI is InChI=1S/C13H14ClN3O2/c14-11-5-10(6-12-13(11)19-9-18-12)7-15-1-3-17-4-2-16-8-17/h2,4-6,8,15H,1,3,7,9H2. The van der Waals surface area contributed by atoms with Crippen molar-refractivity contribution >= 4 is 11.6 Å². The molecule has 1 aromatic carbocycles. The quantitative estimate of drug-likeness (QED) is 0.851. The molecule has 1 N–H and O–H groups in total. The zero-order chi connectivity index (χ0) is 13.1. The summed E-state index contributed by atoms with van der Waals surface area (Å²) < 4.78 is 12.6. The average molecular weight is 280 g/mol. The van der Waals surface area contributed by atoms with Gasteiger partial charge in [0.05, 0.1) is 11.3 Å². The van der Waals surface area contributed by atoms with Gasteiger partial charge in [0.25, 0.3) is 0 Å². The maximum absolute atomic E-state index is 6.12. The third kappa shape index (κ3) is 2.83. The lowest BCUT2D eigenvalue weighted by Crippen LogP contribution is -2.18. The summed E-state index contributed by atoms with van der Waals surface area (Å²) in [4.78, 5) is 4.00. The first-order valence-corrected chi connectivity index (χ1v) is 6.45. The highest BCUT2D eigenvalue weighted by atomic mass is 35.5. The highest BCUT2D eigenvalue weighted by Gasteiger charge is 2.17. The number of fused-ring (bicyclic) bond motifs is 1. The Hall–Kier alpha value is -1.72. The van der Waals surface area contributed by atoms with Gasteiger partial charge in [-0.05, 0) is 17.7 Å². The van der Waals surface area contributed by atoms with Crippen LogP contribution in [0.3, 0.4) is 0 Å². The number of aromatic nitrogens is 2. The fourth-order valence-corrected chi connectivity index (χ4v) is 2.27. The fourth-order valence-electron chi connectivity index (χ4n) is 1.98. The van der Waals surface area contributed by atoms with Crippen molar-refractivity contribution in [2.75, 3.05) is 13.3 Å². The molecule has 0 amide bonds. The smallest absolute Gasteiger partial charge is 0.231 e. The highest BCUT2D eigenvalue weighted by Crippen LogP contribution is 2.39. The summed E-state index contributed by atoms with van der Waals surface area (Å²) >= 11 is 6.12. The molecule has 0 fully saturated rings. The Balaban J connectivity index is 1.54. The zero-order valence-electron chi connectivity index (χ0n) is 10.3. The molecule has 1 aromatic heterocycles. The van der Waals surface area contributed by atoms with Gasteiger partial charge in [-0.25, -0.2) is 4.98 Å². The van der Waals surface area contributed by atoms with Crippen LogP contribution in [0.2, 0.25) is 5.02 Å². The van der Waals surface area contributed by atoms with Crippen molar-refractivity contribution in [2.24, 2.45) is 0 Å². The van der Waals surface area contributed by atoms with E-state index >= 15 is 0 Å². The number of imidazole rings is 1. The molecule has 3 rings (SSSR count). The minimum Gasteiger partial charge on any atom is -0.454 e. The molecule has 0 saturated carbocycles. The van der Waals surface area contributed by atoms with Gasteiger partial charge >= 0.3 is 0 Å². The van der Waals surface area contributed by atoms with Gasteiger partial charge in [-0.15, -0.1) is 0 Å². The first kappa shape index (κ1) is 12.3. The molecule has 2 heterocycles. The number of hydrogen-bond donors (Lipinski definition) is 1. The van der Waals surface area contributed by atoms with Crippen molar-refractivity contribution in [3.8, 4) is 11.5 Å². The molecular weight excluding hydrogens is 266 g/mol. The molecule has 2 aromatic rings. The van der Waals surface area contributed by atoms with Crippen LogP contribution in [-0.4, -0.2) is 22.9 Å². The monoisotopic (exact) mass is 279 g/mol. The van der Waals surface area contributed by atoms with Crippen molar-refractivity contribution < 1.29 is 9.47 Å². The van der Waals surface area contributed by atoms with Crippen LogP contribution in [0, 0.1) is 0 Å². The van der Waals surface area contributed by atoms with Crippen LogP contribution in [0.5, 0.6) is 11.5 Å². The Morgan fingerprint density at radius 2 is 2.32 bits per heavy atom. The molecule has 6 heteroatoms. The predicted molar refractivity (Wildman–Crippen MR) is 71.5 cm³/mol. The van der Waals surface area contributed by atoms with E-state index < -0.39 is 0 Å². The molecule has 19 heavy (non-hydrogen) atoms. The van der Waals surface area contributed by atoms with Crippen LogP contribution in [0.15, 0.2) is 30.9 Å². The first-order valence-electron chi connectivity index (χ1n) is 6.07. The Morgan fingerprint density at radius 3 is 3.16 bits per heavy atom. The Bertz CT molecular complexity index is 557. The number of hydrogen-bond acceptors (Lipinski definition) is 4. The van der Waals surface area contributed by atoms with Crippen LogP contribution in [0.25, 0.3) is 0 Å². The van der Waals surface area contributed by atoms with Crippen molar-refractivity contribution in [1.82, 2.24) is 14.9 Å². The number of nitrogens with one attached hydrogen (secondary N) is 1. The summed E-state index contributed by atoms with van der Waals surface area (Å²) in [6.45, 7) is 2.73. The molecule has 0 aliphatic carbocycles. The van der Waals surface area contributed by atoms with Crippen molar-refractivity contribution in [3.63, 3.8) is 0 Å². The van der Waals surface area contributed by atoms with Crippen LogP contribution in [0.1, 0.15) is 5.56 Å². The topological polar surface area (TPSA) is 48.3 Å².